The fourth-order valence-electron chi connectivity index (χ4n) is 2.46. The third-order valence-corrected chi connectivity index (χ3v) is 6.13. The van der Waals surface area contributed by atoms with Crippen molar-refractivity contribution >= 4 is 40.6 Å². The van der Waals surface area contributed by atoms with E-state index in [1.807, 2.05) is 60.0 Å². The highest BCUT2D eigenvalue weighted by atomic mass is 35.5. The maximum absolute atomic E-state index is 12.2. The Kier molecular flexibility index (Phi) is 6.56. The van der Waals surface area contributed by atoms with Gasteiger partial charge in [-0.3, -0.25) is 4.79 Å². The molecule has 1 N–H and O–H groups in total. The topological polar surface area (TPSA) is 29.1 Å². The van der Waals surface area contributed by atoms with E-state index < -0.39 is 0 Å². The lowest BCUT2D eigenvalue weighted by atomic mass is 10.0. The molecular weight excluding hydrogens is 370 g/mol. The highest BCUT2D eigenvalue weighted by Crippen LogP contribution is 2.35. The van der Waals surface area contributed by atoms with Gasteiger partial charge in [0.1, 0.15) is 0 Å². The van der Waals surface area contributed by atoms with Gasteiger partial charge in [0.05, 0.1) is 17.5 Å². The summed E-state index contributed by atoms with van der Waals surface area (Å²) in [5, 5.41) is 5.82. The zero-order chi connectivity index (χ0) is 17.5. The first-order valence-electron chi connectivity index (χ1n) is 7.93. The first-order valence-corrected chi connectivity index (χ1v) is 10.2. The molecule has 1 aromatic heterocycles. The van der Waals surface area contributed by atoms with Crippen molar-refractivity contribution in [2.45, 2.75) is 11.8 Å². The van der Waals surface area contributed by atoms with Gasteiger partial charge in [0, 0.05) is 9.90 Å². The number of nitrogens with one attached hydrogen (secondary N) is 1. The Labute approximate surface area is 161 Å². The van der Waals surface area contributed by atoms with Gasteiger partial charge in [-0.2, -0.15) is 0 Å². The third-order valence-electron chi connectivity index (χ3n) is 3.70. The fourth-order valence-corrected chi connectivity index (χ4v) is 4.35. The number of thioether (sulfide) groups is 1. The molecule has 3 rings (SSSR count). The summed E-state index contributed by atoms with van der Waals surface area (Å²) in [6.45, 7) is 0.591. The molecule has 0 saturated heterocycles. The van der Waals surface area contributed by atoms with Gasteiger partial charge in [0.2, 0.25) is 5.91 Å². The van der Waals surface area contributed by atoms with E-state index in [4.69, 9.17) is 11.6 Å². The van der Waals surface area contributed by atoms with E-state index >= 15 is 0 Å². The molecule has 1 heterocycles. The average molecular weight is 388 g/mol. The molecule has 0 radical (unpaired) electrons. The first-order chi connectivity index (χ1) is 12.2. The number of benzene rings is 2. The number of amides is 1. The second-order valence-corrected chi connectivity index (χ2v) is 8.07. The van der Waals surface area contributed by atoms with Crippen LogP contribution in [0.15, 0.2) is 72.1 Å². The number of carbonyl (C=O) groups is 1. The quantitative estimate of drug-likeness (QED) is 0.576. The molecule has 0 aliphatic heterocycles. The molecule has 0 aliphatic rings. The highest BCUT2D eigenvalue weighted by Gasteiger charge is 2.16. The van der Waals surface area contributed by atoms with E-state index in [9.17, 15) is 4.79 Å². The Morgan fingerprint density at radius 1 is 1.00 bits per heavy atom. The standard InChI is InChI=1S/C20H18ClNOS2/c21-17-10-8-16(9-11-17)20(15-5-2-1-3-6-15)25-14-19(23)22-13-18-7-4-12-24-18/h1-12,20H,13-14H2,(H,22,23)/t20-/m0/s1. The number of hydrogen-bond acceptors (Lipinski definition) is 3. The minimum Gasteiger partial charge on any atom is -0.350 e. The molecule has 0 spiro atoms. The van der Waals surface area contributed by atoms with Crippen LogP contribution >= 0.6 is 34.7 Å². The summed E-state index contributed by atoms with van der Waals surface area (Å²) in [7, 11) is 0. The van der Waals surface area contributed by atoms with Crippen molar-refractivity contribution in [1.29, 1.82) is 0 Å². The predicted octanol–water partition coefficient (Wildman–Crippen LogP) is 5.54. The summed E-state index contributed by atoms with van der Waals surface area (Å²) in [6, 6.07) is 22.1. The predicted molar refractivity (Wildman–Crippen MR) is 108 cm³/mol. The number of rotatable bonds is 7. The van der Waals surface area contributed by atoms with Gasteiger partial charge in [0.25, 0.3) is 0 Å². The van der Waals surface area contributed by atoms with Crippen LogP contribution in [0, 0.1) is 0 Å². The second kappa shape index (κ2) is 9.09. The maximum atomic E-state index is 12.2. The summed E-state index contributed by atoms with van der Waals surface area (Å²) < 4.78 is 0. The lowest BCUT2D eigenvalue weighted by Crippen LogP contribution is -2.24. The van der Waals surface area contributed by atoms with Gasteiger partial charge in [-0.05, 0) is 34.7 Å². The van der Waals surface area contributed by atoms with Crippen molar-refractivity contribution < 1.29 is 4.79 Å². The molecule has 128 valence electrons. The van der Waals surface area contributed by atoms with Crippen LogP contribution in [-0.4, -0.2) is 11.7 Å². The molecule has 0 saturated carbocycles. The SMILES string of the molecule is O=C(CS[C@@H](c1ccccc1)c1ccc(Cl)cc1)NCc1cccs1. The van der Waals surface area contributed by atoms with Crippen LogP contribution in [0.5, 0.6) is 0 Å². The normalized spacial score (nSPS) is 11.9. The average Bonchev–Trinajstić information content (AvgIpc) is 3.16. The molecule has 0 bridgehead atoms. The van der Waals surface area contributed by atoms with Crippen LogP contribution in [0.4, 0.5) is 0 Å². The molecule has 1 atom stereocenters. The minimum atomic E-state index is 0.0493. The summed E-state index contributed by atoms with van der Waals surface area (Å²) >= 11 is 9.29. The van der Waals surface area contributed by atoms with Crippen molar-refractivity contribution in [3.05, 3.63) is 93.1 Å². The number of hydrogen-bond donors (Lipinski definition) is 1. The van der Waals surface area contributed by atoms with E-state index in [1.165, 1.54) is 5.56 Å². The molecule has 0 aliphatic carbocycles. The van der Waals surface area contributed by atoms with Crippen LogP contribution in [-0.2, 0) is 11.3 Å². The molecule has 2 aromatic carbocycles. The zero-order valence-corrected chi connectivity index (χ0v) is 15.9. The van der Waals surface area contributed by atoms with Crippen LogP contribution in [0.25, 0.3) is 0 Å². The highest BCUT2D eigenvalue weighted by molar-refractivity contribution is 8.00. The van der Waals surface area contributed by atoms with E-state index in [-0.39, 0.29) is 11.2 Å². The first kappa shape index (κ1) is 18.1. The Balaban J connectivity index is 1.65. The van der Waals surface area contributed by atoms with E-state index in [0.717, 1.165) is 10.4 Å². The molecular formula is C20H18ClNOS2. The Bertz CT molecular complexity index is 788. The van der Waals surface area contributed by atoms with Gasteiger partial charge >= 0.3 is 0 Å². The molecule has 3 aromatic rings. The molecule has 1 amide bonds. The van der Waals surface area contributed by atoms with Crippen molar-refractivity contribution in [3.63, 3.8) is 0 Å². The van der Waals surface area contributed by atoms with Gasteiger partial charge < -0.3 is 5.32 Å². The van der Waals surface area contributed by atoms with Gasteiger partial charge in [-0.25, -0.2) is 0 Å². The smallest absolute Gasteiger partial charge is 0.230 e. The van der Waals surface area contributed by atoms with Crippen molar-refractivity contribution in [2.75, 3.05) is 5.75 Å². The monoisotopic (exact) mass is 387 g/mol. The Morgan fingerprint density at radius 3 is 2.40 bits per heavy atom. The van der Waals surface area contributed by atoms with Crippen molar-refractivity contribution in [1.82, 2.24) is 5.32 Å². The molecule has 5 heteroatoms. The van der Waals surface area contributed by atoms with Gasteiger partial charge in [0.15, 0.2) is 0 Å². The third kappa shape index (κ3) is 5.36. The largest absolute Gasteiger partial charge is 0.350 e. The maximum Gasteiger partial charge on any atom is 0.230 e. The second-order valence-electron chi connectivity index (χ2n) is 5.51. The van der Waals surface area contributed by atoms with E-state index in [1.54, 1.807) is 23.1 Å². The van der Waals surface area contributed by atoms with E-state index in [0.29, 0.717) is 17.3 Å². The number of carbonyl (C=O) groups excluding carboxylic acids is 1. The molecule has 0 fully saturated rings. The van der Waals surface area contributed by atoms with Crippen LogP contribution in [0.1, 0.15) is 21.3 Å². The molecule has 2 nitrogen and oxygen atoms in total. The van der Waals surface area contributed by atoms with Crippen LogP contribution in [0.2, 0.25) is 5.02 Å². The summed E-state index contributed by atoms with van der Waals surface area (Å²) in [5.41, 5.74) is 2.33. The number of halogens is 1. The zero-order valence-electron chi connectivity index (χ0n) is 13.5. The molecule has 0 unspecified atom stereocenters. The Hall–Kier alpha value is -1.75. The fraction of sp³-hybridized carbons (Fsp3) is 0.150. The summed E-state index contributed by atoms with van der Waals surface area (Å²) in [6.07, 6.45) is 0. The van der Waals surface area contributed by atoms with Gasteiger partial charge in [-0.1, -0.05) is 60.1 Å². The molecule has 25 heavy (non-hydrogen) atoms. The lowest BCUT2D eigenvalue weighted by Gasteiger charge is -2.17. The summed E-state index contributed by atoms with van der Waals surface area (Å²) in [4.78, 5) is 13.4. The Morgan fingerprint density at radius 2 is 1.72 bits per heavy atom. The van der Waals surface area contributed by atoms with Crippen molar-refractivity contribution in [2.24, 2.45) is 0 Å². The lowest BCUT2D eigenvalue weighted by molar-refractivity contribution is -0.118. The minimum absolute atomic E-state index is 0.0493. The van der Waals surface area contributed by atoms with Crippen LogP contribution in [0.3, 0.4) is 0 Å². The summed E-state index contributed by atoms with van der Waals surface area (Å²) in [5.74, 6) is 0.460. The number of thiophene rings is 1. The van der Waals surface area contributed by atoms with Crippen LogP contribution < -0.4 is 5.32 Å². The van der Waals surface area contributed by atoms with Gasteiger partial charge in [-0.15, -0.1) is 23.1 Å². The van der Waals surface area contributed by atoms with E-state index in [2.05, 4.69) is 17.4 Å². The van der Waals surface area contributed by atoms with Crippen molar-refractivity contribution in [3.8, 4) is 0 Å².